The molecule has 0 bridgehead atoms. The number of hydrogen-bond acceptors (Lipinski definition) is 4. The van der Waals surface area contributed by atoms with E-state index in [-0.39, 0.29) is 11.6 Å². The van der Waals surface area contributed by atoms with E-state index in [1.807, 2.05) is 13.2 Å². The summed E-state index contributed by atoms with van der Waals surface area (Å²) in [4.78, 5) is 24.5. The molecule has 1 aliphatic rings. The van der Waals surface area contributed by atoms with Crippen molar-refractivity contribution >= 4 is 34.8 Å². The average Bonchev–Trinajstić information content (AvgIpc) is 2.64. The number of benzene rings is 1. The highest BCUT2D eigenvalue weighted by molar-refractivity contribution is 7.98. The molecule has 102 valence electrons. The smallest absolute Gasteiger partial charge is 0.296 e. The van der Waals surface area contributed by atoms with Crippen molar-refractivity contribution in [3.63, 3.8) is 0 Å². The number of fused-ring (bicyclic) bond motifs is 1. The Morgan fingerprint density at radius 3 is 2.74 bits per heavy atom. The van der Waals surface area contributed by atoms with Crippen LogP contribution in [-0.4, -0.2) is 36.8 Å². The molecule has 6 heteroatoms. The van der Waals surface area contributed by atoms with Crippen molar-refractivity contribution in [2.75, 3.05) is 29.3 Å². The van der Waals surface area contributed by atoms with Crippen LogP contribution in [0.15, 0.2) is 12.1 Å². The van der Waals surface area contributed by atoms with Gasteiger partial charge in [0.15, 0.2) is 0 Å². The molecule has 1 atom stereocenters. The fourth-order valence-corrected chi connectivity index (χ4v) is 2.72. The Labute approximate surface area is 115 Å². The first-order valence-electron chi connectivity index (χ1n) is 5.86. The van der Waals surface area contributed by atoms with Crippen molar-refractivity contribution in [3.05, 3.63) is 23.5 Å². The molecule has 0 fully saturated rings. The average molecular weight is 282 g/mol. The zero-order valence-corrected chi connectivity index (χ0v) is 11.8. The molecule has 0 aromatic heterocycles. The van der Waals surface area contributed by atoms with Gasteiger partial charge in [-0.15, -0.1) is 0 Å². The van der Waals surface area contributed by atoms with Crippen LogP contribution in [0.5, 0.6) is 0 Å². The normalized spacial score (nSPS) is 15.2. The van der Waals surface area contributed by atoms with E-state index >= 15 is 0 Å². The molecule has 2 rings (SSSR count). The lowest BCUT2D eigenvalue weighted by Crippen LogP contribution is -2.31. The summed E-state index contributed by atoms with van der Waals surface area (Å²) in [6, 6.07) is 2.80. The summed E-state index contributed by atoms with van der Waals surface area (Å²) < 4.78 is 14.1. The van der Waals surface area contributed by atoms with Crippen LogP contribution in [0.4, 0.5) is 15.8 Å². The summed E-state index contributed by atoms with van der Waals surface area (Å²) in [5, 5.41) is 2.45. The molecule has 0 saturated heterocycles. The van der Waals surface area contributed by atoms with Crippen molar-refractivity contribution < 1.29 is 14.0 Å². The molecule has 1 heterocycles. The first-order chi connectivity index (χ1) is 8.95. The van der Waals surface area contributed by atoms with E-state index in [9.17, 15) is 14.0 Å². The lowest BCUT2D eigenvalue weighted by Gasteiger charge is -2.27. The molecule has 0 radical (unpaired) electrons. The Morgan fingerprint density at radius 1 is 1.42 bits per heavy atom. The van der Waals surface area contributed by atoms with Gasteiger partial charge in [0, 0.05) is 18.8 Å². The Balaban J connectivity index is 2.37. The van der Waals surface area contributed by atoms with Crippen molar-refractivity contribution in [3.8, 4) is 0 Å². The second-order valence-corrected chi connectivity index (χ2v) is 5.46. The van der Waals surface area contributed by atoms with E-state index in [4.69, 9.17) is 0 Å². The summed E-state index contributed by atoms with van der Waals surface area (Å²) in [5.41, 5.74) is 0.877. The first-order valence-corrected chi connectivity index (χ1v) is 7.26. The first kappa shape index (κ1) is 13.9. The number of amides is 1. The van der Waals surface area contributed by atoms with Gasteiger partial charge in [0.2, 0.25) is 0 Å². The third kappa shape index (κ3) is 2.45. The Kier molecular flexibility index (Phi) is 3.80. The Bertz CT molecular complexity index is 548. The summed E-state index contributed by atoms with van der Waals surface area (Å²) in [5.74, 6) is -1.01. The predicted molar refractivity (Wildman–Crippen MR) is 75.6 cm³/mol. The zero-order chi connectivity index (χ0) is 14.2. The van der Waals surface area contributed by atoms with Gasteiger partial charge in [-0.1, -0.05) is 0 Å². The van der Waals surface area contributed by atoms with Crippen LogP contribution < -0.4 is 10.2 Å². The number of halogens is 1. The minimum absolute atomic E-state index is 0.108. The molecule has 1 aromatic rings. The number of hydrogen-bond donors (Lipinski definition) is 1. The molecular formula is C13H15FN2O2S. The largest absolute Gasteiger partial charge is 0.369 e. The van der Waals surface area contributed by atoms with E-state index in [2.05, 4.69) is 5.32 Å². The Hall–Kier alpha value is -1.56. The molecule has 1 aromatic carbocycles. The van der Waals surface area contributed by atoms with Crippen LogP contribution in [0.1, 0.15) is 17.3 Å². The zero-order valence-electron chi connectivity index (χ0n) is 11.0. The van der Waals surface area contributed by atoms with Gasteiger partial charge in [0.1, 0.15) is 5.82 Å². The second-order valence-electron chi connectivity index (χ2n) is 4.55. The maximum absolute atomic E-state index is 14.1. The van der Waals surface area contributed by atoms with Crippen LogP contribution in [0.2, 0.25) is 0 Å². The number of rotatable bonds is 4. The third-order valence-electron chi connectivity index (χ3n) is 3.24. The van der Waals surface area contributed by atoms with Gasteiger partial charge in [-0.25, -0.2) is 4.39 Å². The SMILES string of the molecule is CSCC(C)N(C)c1cc2c(cc1F)C(=O)C(=O)N2. The van der Waals surface area contributed by atoms with Crippen LogP contribution in [-0.2, 0) is 4.79 Å². The fraction of sp³-hybridized carbons (Fsp3) is 0.385. The predicted octanol–water partition coefficient (Wildman–Crippen LogP) is 2.15. The second kappa shape index (κ2) is 5.21. The monoisotopic (exact) mass is 282 g/mol. The molecule has 1 N–H and O–H groups in total. The molecule has 1 unspecified atom stereocenters. The highest BCUT2D eigenvalue weighted by atomic mass is 32.2. The van der Waals surface area contributed by atoms with Crippen LogP contribution >= 0.6 is 11.8 Å². The number of ketones is 1. The van der Waals surface area contributed by atoms with Gasteiger partial charge in [0.05, 0.1) is 16.9 Å². The summed E-state index contributed by atoms with van der Waals surface area (Å²) in [6.07, 6.45) is 1.99. The van der Waals surface area contributed by atoms with Crippen molar-refractivity contribution in [1.82, 2.24) is 0 Å². The van der Waals surface area contributed by atoms with Gasteiger partial charge in [-0.3, -0.25) is 9.59 Å². The lowest BCUT2D eigenvalue weighted by molar-refractivity contribution is -0.112. The lowest BCUT2D eigenvalue weighted by atomic mass is 10.1. The number of thioether (sulfide) groups is 1. The van der Waals surface area contributed by atoms with Crippen molar-refractivity contribution in [2.24, 2.45) is 0 Å². The highest BCUT2D eigenvalue weighted by Crippen LogP contribution is 2.31. The van der Waals surface area contributed by atoms with Gasteiger partial charge < -0.3 is 10.2 Å². The number of carbonyl (C=O) groups is 2. The summed E-state index contributed by atoms with van der Waals surface area (Å²) >= 11 is 1.68. The van der Waals surface area contributed by atoms with E-state index in [0.717, 1.165) is 11.8 Å². The van der Waals surface area contributed by atoms with Crippen LogP contribution in [0, 0.1) is 5.82 Å². The van der Waals surface area contributed by atoms with Crippen LogP contribution in [0.3, 0.4) is 0 Å². The number of nitrogens with one attached hydrogen (secondary N) is 1. The molecule has 19 heavy (non-hydrogen) atoms. The number of nitrogens with zero attached hydrogens (tertiary/aromatic N) is 1. The number of carbonyl (C=O) groups excluding carboxylic acids is 2. The van der Waals surface area contributed by atoms with E-state index in [1.54, 1.807) is 23.7 Å². The summed E-state index contributed by atoms with van der Waals surface area (Å²) in [7, 11) is 1.80. The van der Waals surface area contributed by atoms with Gasteiger partial charge >= 0.3 is 0 Å². The van der Waals surface area contributed by atoms with Crippen LogP contribution in [0.25, 0.3) is 0 Å². The third-order valence-corrected chi connectivity index (χ3v) is 4.05. The molecule has 0 aliphatic carbocycles. The molecular weight excluding hydrogens is 267 g/mol. The standard InChI is InChI=1S/C13H15FN2O2S/c1-7(6-19-3)16(2)11-5-10-8(4-9(11)14)12(17)13(18)15-10/h4-5,7H,6H2,1-3H3,(H,15,17,18). The highest BCUT2D eigenvalue weighted by Gasteiger charge is 2.30. The van der Waals surface area contributed by atoms with Gasteiger partial charge in [0.25, 0.3) is 11.7 Å². The maximum atomic E-state index is 14.1. The van der Waals surface area contributed by atoms with E-state index < -0.39 is 17.5 Å². The molecule has 1 aliphatic heterocycles. The molecule has 0 spiro atoms. The molecule has 4 nitrogen and oxygen atoms in total. The maximum Gasteiger partial charge on any atom is 0.296 e. The van der Waals surface area contributed by atoms with E-state index in [0.29, 0.717) is 11.4 Å². The fourth-order valence-electron chi connectivity index (χ4n) is 2.02. The van der Waals surface area contributed by atoms with E-state index in [1.165, 1.54) is 6.07 Å². The quantitative estimate of drug-likeness (QED) is 0.860. The minimum Gasteiger partial charge on any atom is -0.369 e. The van der Waals surface area contributed by atoms with Gasteiger partial charge in [-0.2, -0.15) is 11.8 Å². The van der Waals surface area contributed by atoms with Crippen molar-refractivity contribution in [2.45, 2.75) is 13.0 Å². The number of anilines is 2. The molecule has 1 amide bonds. The number of Topliss-reactive ketones (excluding diaryl/α,β-unsaturated/α-hetero) is 1. The topological polar surface area (TPSA) is 49.4 Å². The Morgan fingerprint density at radius 2 is 2.11 bits per heavy atom. The minimum atomic E-state index is -0.702. The van der Waals surface area contributed by atoms with Crippen molar-refractivity contribution in [1.29, 1.82) is 0 Å². The summed E-state index contributed by atoms with van der Waals surface area (Å²) in [6.45, 7) is 1.99. The molecule has 0 saturated carbocycles. The van der Waals surface area contributed by atoms with Gasteiger partial charge in [-0.05, 0) is 25.3 Å².